The maximum absolute atomic E-state index is 13.9. The van der Waals surface area contributed by atoms with E-state index in [0.29, 0.717) is 11.5 Å². The van der Waals surface area contributed by atoms with Crippen molar-refractivity contribution >= 4 is 29.1 Å². The van der Waals surface area contributed by atoms with E-state index in [1.807, 2.05) is 0 Å². The largest absolute Gasteiger partial charge is 0.486 e. The summed E-state index contributed by atoms with van der Waals surface area (Å²) in [6.45, 7) is 0.0562. The summed E-state index contributed by atoms with van der Waals surface area (Å²) < 4.78 is 26.2. The van der Waals surface area contributed by atoms with Crippen LogP contribution >= 0.6 is 11.6 Å². The van der Waals surface area contributed by atoms with Crippen LogP contribution in [0.15, 0.2) is 65.3 Å². The molecule has 0 aliphatic heterocycles. The highest BCUT2D eigenvalue weighted by atomic mass is 35.5. The number of nitro groups is 1. The van der Waals surface area contributed by atoms with Gasteiger partial charge in [0.15, 0.2) is 5.76 Å². The van der Waals surface area contributed by atoms with Gasteiger partial charge in [0.25, 0.3) is 11.6 Å². The first-order valence-electron chi connectivity index (χ1n) is 9.48. The molecule has 4 rings (SSSR count). The van der Waals surface area contributed by atoms with E-state index in [9.17, 15) is 19.3 Å². The van der Waals surface area contributed by atoms with Crippen molar-refractivity contribution in [2.24, 2.45) is 0 Å². The maximum atomic E-state index is 13.9. The van der Waals surface area contributed by atoms with Gasteiger partial charge in [0.1, 0.15) is 30.3 Å². The van der Waals surface area contributed by atoms with E-state index < -0.39 is 16.6 Å². The van der Waals surface area contributed by atoms with Crippen LogP contribution in [0.5, 0.6) is 5.75 Å². The van der Waals surface area contributed by atoms with Gasteiger partial charge in [0.05, 0.1) is 11.5 Å². The molecule has 33 heavy (non-hydrogen) atoms. The molecule has 0 saturated carbocycles. The second-order valence-electron chi connectivity index (χ2n) is 6.73. The normalized spacial score (nSPS) is 10.7. The number of hydrogen-bond donors (Lipinski definition) is 1. The van der Waals surface area contributed by atoms with E-state index in [-0.39, 0.29) is 41.1 Å². The van der Waals surface area contributed by atoms with Crippen molar-refractivity contribution in [2.75, 3.05) is 5.32 Å². The molecule has 0 radical (unpaired) electrons. The van der Waals surface area contributed by atoms with Gasteiger partial charge in [-0.25, -0.2) is 14.1 Å². The second-order valence-corrected chi connectivity index (χ2v) is 7.13. The average molecular weight is 472 g/mol. The van der Waals surface area contributed by atoms with Crippen LogP contribution in [0.3, 0.4) is 0 Å². The fourth-order valence-corrected chi connectivity index (χ4v) is 3.06. The maximum Gasteiger partial charge on any atom is 0.293 e. The summed E-state index contributed by atoms with van der Waals surface area (Å²) >= 11 is 6.02. The lowest BCUT2D eigenvalue weighted by atomic mass is 10.2. The lowest BCUT2D eigenvalue weighted by Gasteiger charge is -2.05. The molecule has 1 amide bonds. The van der Waals surface area contributed by atoms with E-state index in [1.165, 1.54) is 53.5 Å². The van der Waals surface area contributed by atoms with Crippen LogP contribution in [0.4, 0.5) is 16.0 Å². The summed E-state index contributed by atoms with van der Waals surface area (Å²) in [6.07, 6.45) is 1.34. The molecular weight excluding hydrogens is 457 g/mol. The van der Waals surface area contributed by atoms with Crippen LogP contribution in [0.25, 0.3) is 0 Å². The molecule has 4 aromatic rings. The number of rotatable bonds is 8. The predicted molar refractivity (Wildman–Crippen MR) is 115 cm³/mol. The Bertz CT molecular complexity index is 1280. The van der Waals surface area contributed by atoms with Crippen molar-refractivity contribution in [3.05, 3.63) is 99.0 Å². The van der Waals surface area contributed by atoms with Crippen molar-refractivity contribution in [1.82, 2.24) is 14.8 Å². The van der Waals surface area contributed by atoms with Gasteiger partial charge in [-0.15, -0.1) is 5.10 Å². The van der Waals surface area contributed by atoms with Crippen LogP contribution in [-0.2, 0) is 13.2 Å². The summed E-state index contributed by atoms with van der Waals surface area (Å²) in [5.41, 5.74) is 0.206. The topological polar surface area (TPSA) is 125 Å². The first-order valence-corrected chi connectivity index (χ1v) is 9.86. The summed E-state index contributed by atoms with van der Waals surface area (Å²) in [5, 5.41) is 17.5. The molecule has 0 unspecified atom stereocenters. The first-order chi connectivity index (χ1) is 15.9. The van der Waals surface area contributed by atoms with Gasteiger partial charge in [0, 0.05) is 22.7 Å². The minimum atomic E-state index is -0.585. The lowest BCUT2D eigenvalue weighted by Crippen LogP contribution is -2.13. The minimum absolute atomic E-state index is 0.00537. The Morgan fingerprint density at radius 1 is 1.21 bits per heavy atom. The highest BCUT2D eigenvalue weighted by molar-refractivity contribution is 6.31. The monoisotopic (exact) mass is 471 g/mol. The molecule has 0 atom stereocenters. The molecule has 2 heterocycles. The Balaban J connectivity index is 1.34. The summed E-state index contributed by atoms with van der Waals surface area (Å²) in [4.78, 5) is 26.6. The molecule has 12 heteroatoms. The highest BCUT2D eigenvalue weighted by Crippen LogP contribution is 2.21. The number of ether oxygens (including phenoxy) is 1. The van der Waals surface area contributed by atoms with E-state index in [2.05, 4.69) is 15.4 Å². The molecule has 0 aliphatic rings. The average Bonchev–Trinajstić information content (AvgIpc) is 3.45. The van der Waals surface area contributed by atoms with Crippen molar-refractivity contribution in [3.63, 3.8) is 0 Å². The van der Waals surface area contributed by atoms with Crippen LogP contribution in [-0.4, -0.2) is 25.6 Å². The van der Waals surface area contributed by atoms with Gasteiger partial charge >= 0.3 is 0 Å². The van der Waals surface area contributed by atoms with E-state index in [1.54, 1.807) is 12.1 Å². The third-order valence-corrected chi connectivity index (χ3v) is 4.81. The molecule has 0 saturated heterocycles. The summed E-state index contributed by atoms with van der Waals surface area (Å²) in [7, 11) is 0. The number of nitrogens with one attached hydrogen (secondary N) is 1. The van der Waals surface area contributed by atoms with Crippen molar-refractivity contribution in [2.45, 2.75) is 13.2 Å². The fraction of sp³-hybridized carbons (Fsp3) is 0.0952. The number of amides is 1. The van der Waals surface area contributed by atoms with Crippen molar-refractivity contribution in [3.8, 4) is 5.75 Å². The van der Waals surface area contributed by atoms with Gasteiger partial charge in [-0.3, -0.25) is 20.2 Å². The highest BCUT2D eigenvalue weighted by Gasteiger charge is 2.15. The number of carbonyl (C=O) groups is 1. The molecule has 2 aromatic carbocycles. The number of carbonyl (C=O) groups excluding carboxylic acids is 1. The van der Waals surface area contributed by atoms with Crippen molar-refractivity contribution in [1.29, 1.82) is 0 Å². The Morgan fingerprint density at radius 3 is 2.73 bits per heavy atom. The number of aromatic nitrogens is 3. The smallest absolute Gasteiger partial charge is 0.293 e. The minimum Gasteiger partial charge on any atom is -0.486 e. The first kappa shape index (κ1) is 22.0. The quantitative estimate of drug-likeness (QED) is 0.297. The van der Waals surface area contributed by atoms with E-state index in [4.69, 9.17) is 20.8 Å². The number of non-ortho nitro benzene ring substituents is 1. The standard InChI is InChI=1S/C21H15ClFN5O5/c22-17-2-1-3-18(23)16(17)10-27-12-24-21(26-27)25-20(29)19-9-8-15(33-19)11-32-14-6-4-13(5-7-14)28(30)31/h1-9,12H,10-11H2,(H,25,26,29). The zero-order chi connectivity index (χ0) is 23.4. The molecular formula is C21H15ClFN5O5. The van der Waals surface area contributed by atoms with Gasteiger partial charge in [-0.2, -0.15) is 0 Å². The second kappa shape index (κ2) is 9.49. The van der Waals surface area contributed by atoms with E-state index in [0.717, 1.165) is 0 Å². The predicted octanol–water partition coefficient (Wildman–Crippen LogP) is 4.45. The number of halogens is 2. The molecule has 0 aliphatic carbocycles. The summed E-state index contributed by atoms with van der Waals surface area (Å²) in [5.74, 6) is -0.266. The van der Waals surface area contributed by atoms with Gasteiger partial charge in [-0.05, 0) is 36.4 Å². The zero-order valence-corrected chi connectivity index (χ0v) is 17.5. The molecule has 10 nitrogen and oxygen atoms in total. The third-order valence-electron chi connectivity index (χ3n) is 4.46. The number of hydrogen-bond acceptors (Lipinski definition) is 7. The number of benzene rings is 2. The zero-order valence-electron chi connectivity index (χ0n) is 16.8. The molecule has 168 valence electrons. The third kappa shape index (κ3) is 5.33. The van der Waals surface area contributed by atoms with Crippen LogP contribution < -0.4 is 10.1 Å². The van der Waals surface area contributed by atoms with Gasteiger partial charge in [-0.1, -0.05) is 17.7 Å². The Labute approximate surface area is 190 Å². The Kier molecular flexibility index (Phi) is 6.31. The number of furan rings is 1. The molecule has 2 aromatic heterocycles. The molecule has 0 bridgehead atoms. The fourth-order valence-electron chi connectivity index (χ4n) is 2.83. The molecule has 0 fully saturated rings. The van der Waals surface area contributed by atoms with Crippen LogP contribution in [0.2, 0.25) is 5.02 Å². The summed E-state index contributed by atoms with van der Waals surface area (Å²) in [6, 6.07) is 13.0. The van der Waals surface area contributed by atoms with Crippen LogP contribution in [0, 0.1) is 15.9 Å². The number of anilines is 1. The number of nitrogens with zero attached hydrogens (tertiary/aromatic N) is 4. The van der Waals surface area contributed by atoms with Gasteiger partial charge in [0.2, 0.25) is 5.95 Å². The number of nitro benzene ring substituents is 1. The molecule has 0 spiro atoms. The van der Waals surface area contributed by atoms with Crippen molar-refractivity contribution < 1.29 is 23.3 Å². The van der Waals surface area contributed by atoms with Crippen LogP contribution in [0.1, 0.15) is 21.9 Å². The lowest BCUT2D eigenvalue weighted by molar-refractivity contribution is -0.384. The Hall–Kier alpha value is -4.25. The Morgan fingerprint density at radius 2 is 2.00 bits per heavy atom. The SMILES string of the molecule is O=C(Nc1ncn(Cc2c(F)cccc2Cl)n1)c1ccc(COc2ccc([N+](=O)[O-])cc2)o1. The van der Waals surface area contributed by atoms with Gasteiger partial charge < -0.3 is 9.15 Å². The van der Waals surface area contributed by atoms with E-state index >= 15 is 0 Å². The molecule has 1 N–H and O–H groups in total.